The largest absolute Gasteiger partial charge is 0.415 e. The molecule has 0 unspecified atom stereocenters. The summed E-state index contributed by atoms with van der Waals surface area (Å²) in [5, 5.41) is 10.9. The number of fused-ring (bicyclic) bond motifs is 1. The lowest BCUT2D eigenvalue weighted by Crippen LogP contribution is -2.04. The van der Waals surface area contributed by atoms with E-state index in [1.54, 1.807) is 12.4 Å². The van der Waals surface area contributed by atoms with E-state index < -0.39 is 0 Å². The summed E-state index contributed by atoms with van der Waals surface area (Å²) in [7, 11) is 0. The normalized spacial score (nSPS) is 15.1. The Hall–Kier alpha value is -2.80. The lowest BCUT2D eigenvalue weighted by molar-refractivity contribution is 0.334. The van der Waals surface area contributed by atoms with Crippen LogP contribution in [0.4, 0.5) is 0 Å². The quantitative estimate of drug-likeness (QED) is 0.440. The Balaban J connectivity index is 1.50. The van der Waals surface area contributed by atoms with Gasteiger partial charge < -0.3 is 4.42 Å². The van der Waals surface area contributed by atoms with Gasteiger partial charge in [0, 0.05) is 29.3 Å². The maximum atomic E-state index is 5.99. The van der Waals surface area contributed by atoms with Crippen LogP contribution in [0.3, 0.4) is 0 Å². The Bertz CT molecular complexity index is 1090. The molecule has 28 heavy (non-hydrogen) atoms. The molecule has 0 bridgehead atoms. The van der Waals surface area contributed by atoms with E-state index in [2.05, 4.69) is 15.2 Å². The fourth-order valence-corrected chi connectivity index (χ4v) is 4.40. The van der Waals surface area contributed by atoms with Crippen molar-refractivity contribution in [2.24, 2.45) is 0 Å². The third kappa shape index (κ3) is 3.49. The first kappa shape index (κ1) is 17.3. The first-order valence-electron chi connectivity index (χ1n) is 9.55. The molecule has 0 radical (unpaired) electrons. The van der Waals surface area contributed by atoms with Crippen molar-refractivity contribution in [3.8, 4) is 11.4 Å². The van der Waals surface area contributed by atoms with Crippen molar-refractivity contribution in [2.75, 3.05) is 0 Å². The number of nitrogens with zero attached hydrogens (tertiary/aromatic N) is 5. The number of pyridine rings is 1. The van der Waals surface area contributed by atoms with Gasteiger partial charge in [0.1, 0.15) is 5.03 Å². The molecular formula is C21H19N5OS. The van der Waals surface area contributed by atoms with Gasteiger partial charge in [-0.2, -0.15) is 0 Å². The molecule has 0 saturated heterocycles. The number of para-hydroxylation sites is 1. The summed E-state index contributed by atoms with van der Waals surface area (Å²) in [5.74, 6) is 1.79. The van der Waals surface area contributed by atoms with Gasteiger partial charge in [0.15, 0.2) is 5.82 Å². The van der Waals surface area contributed by atoms with Gasteiger partial charge in [-0.1, -0.05) is 37.5 Å². The van der Waals surface area contributed by atoms with Crippen LogP contribution in [-0.2, 0) is 0 Å². The van der Waals surface area contributed by atoms with E-state index in [1.807, 2.05) is 36.4 Å². The van der Waals surface area contributed by atoms with E-state index >= 15 is 0 Å². The van der Waals surface area contributed by atoms with Gasteiger partial charge in [-0.05, 0) is 42.8 Å². The van der Waals surface area contributed by atoms with E-state index in [0.29, 0.717) is 17.0 Å². The Morgan fingerprint density at radius 2 is 1.82 bits per heavy atom. The summed E-state index contributed by atoms with van der Waals surface area (Å²) in [6.07, 6.45) is 9.55. The summed E-state index contributed by atoms with van der Waals surface area (Å²) in [4.78, 5) is 13.6. The highest BCUT2D eigenvalue weighted by molar-refractivity contribution is 7.99. The number of aromatic nitrogens is 5. The zero-order valence-electron chi connectivity index (χ0n) is 15.3. The van der Waals surface area contributed by atoms with Gasteiger partial charge in [-0.25, -0.2) is 9.97 Å². The van der Waals surface area contributed by atoms with Crippen molar-refractivity contribution in [3.05, 3.63) is 54.7 Å². The molecular weight excluding hydrogens is 370 g/mol. The molecule has 6 nitrogen and oxygen atoms in total. The van der Waals surface area contributed by atoms with Gasteiger partial charge in [0.05, 0.1) is 5.52 Å². The number of benzene rings is 1. The summed E-state index contributed by atoms with van der Waals surface area (Å²) in [6, 6.07) is 11.8. The minimum Gasteiger partial charge on any atom is -0.415 e. The maximum absolute atomic E-state index is 5.99. The molecule has 140 valence electrons. The fraction of sp³-hybridized carbons (Fsp3) is 0.286. The average molecular weight is 389 g/mol. The van der Waals surface area contributed by atoms with Crippen molar-refractivity contribution in [2.45, 2.75) is 48.3 Å². The molecule has 5 rings (SSSR count). The SMILES string of the molecule is c1cncc(-c2nc(Sc3nnc(C4CCCCC4)o3)c3ccccc3n2)c1. The van der Waals surface area contributed by atoms with Crippen LogP contribution in [-0.4, -0.2) is 25.1 Å². The Labute approximate surface area is 166 Å². The first-order valence-corrected chi connectivity index (χ1v) is 10.4. The number of hydrogen-bond donors (Lipinski definition) is 0. The van der Waals surface area contributed by atoms with Crippen LogP contribution >= 0.6 is 11.8 Å². The molecule has 0 N–H and O–H groups in total. The highest BCUT2D eigenvalue weighted by atomic mass is 32.2. The molecule has 0 atom stereocenters. The third-order valence-corrected chi connectivity index (χ3v) is 5.89. The summed E-state index contributed by atoms with van der Waals surface area (Å²) in [6.45, 7) is 0. The molecule has 3 heterocycles. The summed E-state index contributed by atoms with van der Waals surface area (Å²) >= 11 is 1.40. The van der Waals surface area contributed by atoms with Crippen LogP contribution in [0.25, 0.3) is 22.3 Å². The molecule has 1 fully saturated rings. The predicted molar refractivity (Wildman–Crippen MR) is 107 cm³/mol. The van der Waals surface area contributed by atoms with Crippen LogP contribution in [0.1, 0.15) is 43.9 Å². The lowest BCUT2D eigenvalue weighted by atomic mass is 9.89. The standard InChI is InChI=1S/C21H19N5OS/c1-2-7-14(8-3-1)19-25-26-21(27-19)28-20-16-10-4-5-11-17(16)23-18(24-20)15-9-6-12-22-13-15/h4-6,9-14H,1-3,7-8H2. The molecule has 1 aliphatic carbocycles. The molecule has 0 spiro atoms. The number of rotatable bonds is 4. The molecule has 0 aliphatic heterocycles. The third-order valence-electron chi connectivity index (χ3n) is 5.05. The maximum Gasteiger partial charge on any atom is 0.282 e. The number of hydrogen-bond acceptors (Lipinski definition) is 7. The highest BCUT2D eigenvalue weighted by Gasteiger charge is 2.22. The molecule has 3 aromatic heterocycles. The van der Waals surface area contributed by atoms with Crippen molar-refractivity contribution >= 4 is 22.7 Å². The molecule has 0 amide bonds. The Morgan fingerprint density at radius 3 is 2.68 bits per heavy atom. The van der Waals surface area contributed by atoms with Crippen molar-refractivity contribution < 1.29 is 4.42 Å². The van der Waals surface area contributed by atoms with Crippen LogP contribution in [0.2, 0.25) is 0 Å². The molecule has 4 aromatic rings. The van der Waals surface area contributed by atoms with E-state index in [-0.39, 0.29) is 0 Å². The average Bonchev–Trinajstić information content (AvgIpc) is 3.23. The van der Waals surface area contributed by atoms with Crippen molar-refractivity contribution in [3.63, 3.8) is 0 Å². The predicted octanol–water partition coefficient (Wildman–Crippen LogP) is 5.27. The molecule has 1 saturated carbocycles. The minimum absolute atomic E-state index is 0.392. The van der Waals surface area contributed by atoms with Crippen LogP contribution in [0, 0.1) is 0 Å². The van der Waals surface area contributed by atoms with Gasteiger partial charge in [-0.15, -0.1) is 10.2 Å². The van der Waals surface area contributed by atoms with E-state index in [0.717, 1.165) is 40.2 Å². The zero-order valence-corrected chi connectivity index (χ0v) is 16.1. The molecule has 1 aromatic carbocycles. The molecule has 1 aliphatic rings. The second-order valence-electron chi connectivity index (χ2n) is 6.95. The second-order valence-corrected chi connectivity index (χ2v) is 7.89. The van der Waals surface area contributed by atoms with E-state index in [4.69, 9.17) is 14.4 Å². The van der Waals surface area contributed by atoms with Gasteiger partial charge in [-0.3, -0.25) is 4.98 Å². The second kappa shape index (κ2) is 7.67. The van der Waals surface area contributed by atoms with Crippen LogP contribution in [0.5, 0.6) is 0 Å². The monoisotopic (exact) mass is 389 g/mol. The molecule has 7 heteroatoms. The van der Waals surface area contributed by atoms with Crippen molar-refractivity contribution in [1.82, 2.24) is 25.1 Å². The Morgan fingerprint density at radius 1 is 0.929 bits per heavy atom. The smallest absolute Gasteiger partial charge is 0.282 e. The van der Waals surface area contributed by atoms with Gasteiger partial charge >= 0.3 is 0 Å². The van der Waals surface area contributed by atoms with Crippen LogP contribution < -0.4 is 0 Å². The summed E-state index contributed by atoms with van der Waals surface area (Å²) in [5.41, 5.74) is 1.76. The van der Waals surface area contributed by atoms with Crippen LogP contribution in [0.15, 0.2) is 63.5 Å². The zero-order chi connectivity index (χ0) is 18.8. The fourth-order valence-electron chi connectivity index (χ4n) is 3.61. The summed E-state index contributed by atoms with van der Waals surface area (Å²) < 4.78 is 5.99. The van der Waals surface area contributed by atoms with Crippen molar-refractivity contribution in [1.29, 1.82) is 0 Å². The van der Waals surface area contributed by atoms with Gasteiger partial charge in [0.2, 0.25) is 5.89 Å². The van der Waals surface area contributed by atoms with Gasteiger partial charge in [0.25, 0.3) is 5.22 Å². The highest BCUT2D eigenvalue weighted by Crippen LogP contribution is 2.36. The lowest BCUT2D eigenvalue weighted by Gasteiger charge is -2.17. The Kier molecular flexibility index (Phi) is 4.74. The minimum atomic E-state index is 0.392. The first-order chi connectivity index (χ1) is 13.9. The van der Waals surface area contributed by atoms with E-state index in [1.165, 1.54) is 31.0 Å². The van der Waals surface area contributed by atoms with E-state index in [9.17, 15) is 0 Å². The topological polar surface area (TPSA) is 77.6 Å².